The lowest BCUT2D eigenvalue weighted by atomic mass is 10.1. The van der Waals surface area contributed by atoms with Crippen molar-refractivity contribution >= 4 is 52.0 Å². The molecule has 2 aliphatic heterocycles. The quantitative estimate of drug-likeness (QED) is 0.352. The van der Waals surface area contributed by atoms with Crippen LogP contribution in [0.4, 0.5) is 10.7 Å². The molecule has 0 amide bonds. The summed E-state index contributed by atoms with van der Waals surface area (Å²) in [6, 6.07) is 15.6. The lowest BCUT2D eigenvalue weighted by Crippen LogP contribution is -2.49. The van der Waals surface area contributed by atoms with Crippen LogP contribution in [0.15, 0.2) is 52.8 Å². The van der Waals surface area contributed by atoms with Crippen LogP contribution in [-0.4, -0.2) is 51.8 Å². The highest BCUT2D eigenvalue weighted by atomic mass is 127. The summed E-state index contributed by atoms with van der Waals surface area (Å²) >= 11 is 1.84. The summed E-state index contributed by atoms with van der Waals surface area (Å²) in [6.07, 6.45) is 3.55. The molecular weight excluding hydrogens is 493 g/mol. The van der Waals surface area contributed by atoms with E-state index in [1.54, 1.807) is 0 Å². The van der Waals surface area contributed by atoms with E-state index in [1.807, 2.05) is 18.4 Å². The van der Waals surface area contributed by atoms with Crippen LogP contribution in [0.3, 0.4) is 0 Å². The number of anilines is 2. The Morgan fingerprint density at radius 1 is 1.03 bits per heavy atom. The largest absolute Gasteiger partial charge is 0.371 e. The van der Waals surface area contributed by atoms with Gasteiger partial charge in [0.15, 0.2) is 5.96 Å². The fourth-order valence-electron chi connectivity index (χ4n) is 4.20. The van der Waals surface area contributed by atoms with Gasteiger partial charge in [-0.25, -0.2) is 0 Å². The first-order valence-corrected chi connectivity index (χ1v) is 11.3. The smallest absolute Gasteiger partial charge is 0.191 e. The molecule has 1 unspecified atom stereocenters. The summed E-state index contributed by atoms with van der Waals surface area (Å²) in [7, 11) is 1.88. The van der Waals surface area contributed by atoms with E-state index >= 15 is 0 Å². The second kappa shape index (κ2) is 11.1. The van der Waals surface area contributed by atoms with Gasteiger partial charge in [0.25, 0.3) is 0 Å². The van der Waals surface area contributed by atoms with Gasteiger partial charge < -0.3 is 20.4 Å². The van der Waals surface area contributed by atoms with E-state index in [1.165, 1.54) is 17.1 Å². The van der Waals surface area contributed by atoms with Crippen LogP contribution in [-0.2, 0) is 0 Å². The highest BCUT2D eigenvalue weighted by Crippen LogP contribution is 2.25. The van der Waals surface area contributed by atoms with Gasteiger partial charge in [-0.15, -0.1) is 35.3 Å². The van der Waals surface area contributed by atoms with Gasteiger partial charge in [0, 0.05) is 51.5 Å². The van der Waals surface area contributed by atoms with Crippen LogP contribution in [0.1, 0.15) is 19.3 Å². The third-order valence-corrected chi connectivity index (χ3v) is 6.77. The molecule has 158 valence electrons. The molecule has 5 nitrogen and oxygen atoms in total. The van der Waals surface area contributed by atoms with Crippen molar-refractivity contribution in [3.63, 3.8) is 0 Å². The van der Waals surface area contributed by atoms with Crippen LogP contribution in [0.25, 0.3) is 0 Å². The molecule has 3 heterocycles. The lowest BCUT2D eigenvalue weighted by molar-refractivity contribution is 0.459. The molecule has 2 saturated heterocycles. The van der Waals surface area contributed by atoms with E-state index in [0.29, 0.717) is 12.0 Å². The molecule has 0 bridgehead atoms. The van der Waals surface area contributed by atoms with Gasteiger partial charge in [-0.2, -0.15) is 0 Å². The number of guanidine groups is 1. The topological polar surface area (TPSA) is 42.9 Å². The highest BCUT2D eigenvalue weighted by Gasteiger charge is 2.24. The van der Waals surface area contributed by atoms with Gasteiger partial charge in [-0.1, -0.05) is 18.2 Å². The number of nitrogens with zero attached hydrogens (tertiary/aromatic N) is 3. The molecular formula is C22H32IN5S. The molecule has 29 heavy (non-hydrogen) atoms. The van der Waals surface area contributed by atoms with E-state index in [-0.39, 0.29) is 24.0 Å². The fourth-order valence-corrected chi connectivity index (χ4v) is 4.98. The van der Waals surface area contributed by atoms with Gasteiger partial charge in [0.05, 0.1) is 5.00 Å². The van der Waals surface area contributed by atoms with E-state index < -0.39 is 0 Å². The normalized spacial score (nSPS) is 20.4. The van der Waals surface area contributed by atoms with E-state index in [9.17, 15) is 0 Å². The summed E-state index contributed by atoms with van der Waals surface area (Å²) < 4.78 is 0. The number of halogens is 1. The van der Waals surface area contributed by atoms with Crippen LogP contribution in [0.5, 0.6) is 0 Å². The lowest BCUT2D eigenvalue weighted by Gasteiger charge is -2.33. The molecule has 1 aromatic heterocycles. The number of hydrogen-bond donors (Lipinski definition) is 2. The average Bonchev–Trinajstić information content (AvgIpc) is 3.44. The van der Waals surface area contributed by atoms with Gasteiger partial charge >= 0.3 is 0 Å². The number of thiophene rings is 1. The van der Waals surface area contributed by atoms with Crippen molar-refractivity contribution in [1.82, 2.24) is 10.6 Å². The molecule has 0 saturated carbocycles. The Labute approximate surface area is 195 Å². The third-order valence-electron chi connectivity index (χ3n) is 5.84. The van der Waals surface area contributed by atoms with Crippen molar-refractivity contribution < 1.29 is 0 Å². The minimum absolute atomic E-state index is 0. The Hall–Kier alpha value is -1.48. The first kappa shape index (κ1) is 22.2. The Kier molecular flexibility index (Phi) is 8.47. The van der Waals surface area contributed by atoms with E-state index in [2.05, 4.69) is 73.3 Å². The van der Waals surface area contributed by atoms with Crippen molar-refractivity contribution in [3.8, 4) is 0 Å². The summed E-state index contributed by atoms with van der Waals surface area (Å²) in [5.41, 5.74) is 1.34. The van der Waals surface area contributed by atoms with Gasteiger partial charge in [-0.05, 0) is 54.8 Å². The second-order valence-corrected chi connectivity index (χ2v) is 8.67. The molecule has 0 radical (unpaired) electrons. The molecule has 2 N–H and O–H groups in total. The maximum Gasteiger partial charge on any atom is 0.191 e. The predicted molar refractivity (Wildman–Crippen MR) is 136 cm³/mol. The number of piperidine rings is 1. The van der Waals surface area contributed by atoms with E-state index in [0.717, 1.165) is 51.5 Å². The highest BCUT2D eigenvalue weighted by molar-refractivity contribution is 14.0. The Bertz CT molecular complexity index is 744. The Morgan fingerprint density at radius 2 is 1.79 bits per heavy atom. The molecule has 1 atom stereocenters. The summed E-state index contributed by atoms with van der Waals surface area (Å²) in [5.74, 6) is 1.62. The molecule has 0 spiro atoms. The number of benzene rings is 1. The predicted octanol–water partition coefficient (Wildman–Crippen LogP) is 4.03. The minimum Gasteiger partial charge on any atom is -0.371 e. The fraction of sp³-hybridized carbons (Fsp3) is 0.500. The standard InChI is InChI=1S/C22H31N5S.HI/c1-23-22(25-19-10-13-26(14-11-19)21-8-5-15-28-21)24-16-18-9-12-27(17-18)20-6-3-2-4-7-20;/h2-8,15,18-19H,9-14,16-17H2,1H3,(H2,23,24,25);1H. The molecule has 1 aromatic carbocycles. The van der Waals surface area contributed by atoms with Gasteiger partial charge in [0.2, 0.25) is 0 Å². The first-order valence-electron chi connectivity index (χ1n) is 10.4. The Balaban J connectivity index is 0.00000240. The minimum atomic E-state index is 0. The van der Waals surface area contributed by atoms with E-state index in [4.69, 9.17) is 0 Å². The average molecular weight is 526 g/mol. The van der Waals surface area contributed by atoms with Crippen LogP contribution in [0.2, 0.25) is 0 Å². The van der Waals surface area contributed by atoms with Gasteiger partial charge in [-0.3, -0.25) is 4.99 Å². The maximum atomic E-state index is 4.46. The summed E-state index contributed by atoms with van der Waals surface area (Å²) in [6.45, 7) is 5.47. The molecule has 2 fully saturated rings. The zero-order valence-electron chi connectivity index (χ0n) is 17.1. The molecule has 7 heteroatoms. The van der Waals surface area contributed by atoms with Crippen molar-refractivity contribution in [3.05, 3.63) is 47.8 Å². The van der Waals surface area contributed by atoms with Crippen molar-refractivity contribution in [1.29, 1.82) is 0 Å². The summed E-state index contributed by atoms with van der Waals surface area (Å²) in [4.78, 5) is 9.44. The first-order chi connectivity index (χ1) is 13.8. The number of hydrogen-bond acceptors (Lipinski definition) is 4. The molecule has 4 rings (SSSR count). The van der Waals surface area contributed by atoms with Crippen LogP contribution >= 0.6 is 35.3 Å². The molecule has 2 aromatic rings. The monoisotopic (exact) mass is 525 g/mol. The molecule has 0 aliphatic carbocycles. The van der Waals surface area contributed by atoms with Crippen molar-refractivity contribution in [2.24, 2.45) is 10.9 Å². The Morgan fingerprint density at radius 3 is 2.48 bits per heavy atom. The number of rotatable bonds is 5. The molecule has 2 aliphatic rings. The SMILES string of the molecule is CN=C(NCC1CCN(c2ccccc2)C1)NC1CCN(c2cccs2)CC1.I. The van der Waals surface area contributed by atoms with Gasteiger partial charge in [0.1, 0.15) is 0 Å². The number of nitrogens with one attached hydrogen (secondary N) is 2. The van der Waals surface area contributed by atoms with Crippen LogP contribution < -0.4 is 20.4 Å². The summed E-state index contributed by atoms with van der Waals surface area (Å²) in [5, 5.41) is 10.8. The van der Waals surface area contributed by atoms with Crippen LogP contribution in [0, 0.1) is 5.92 Å². The zero-order chi connectivity index (χ0) is 19.2. The van der Waals surface area contributed by atoms with Crippen molar-refractivity contribution in [2.45, 2.75) is 25.3 Å². The van der Waals surface area contributed by atoms with Crippen molar-refractivity contribution in [2.75, 3.05) is 49.6 Å². The second-order valence-electron chi connectivity index (χ2n) is 7.75. The number of para-hydroxylation sites is 1. The number of aliphatic imine (C=N–C) groups is 1. The third kappa shape index (κ3) is 6.01. The zero-order valence-corrected chi connectivity index (χ0v) is 20.2. The maximum absolute atomic E-state index is 4.46.